The quantitative estimate of drug-likeness (QED) is 0.717. The third-order valence-corrected chi connectivity index (χ3v) is 4.74. The molecule has 0 N–H and O–H groups in total. The fraction of sp³-hybridized carbons (Fsp3) is 0.389. The fourth-order valence-electron chi connectivity index (χ4n) is 3.50. The van der Waals surface area contributed by atoms with Gasteiger partial charge >= 0.3 is 0 Å². The second kappa shape index (κ2) is 6.36. The summed E-state index contributed by atoms with van der Waals surface area (Å²) in [6.07, 6.45) is 7.02. The summed E-state index contributed by atoms with van der Waals surface area (Å²) in [7, 11) is 3.46. The van der Waals surface area contributed by atoms with Gasteiger partial charge in [-0.1, -0.05) is 0 Å². The van der Waals surface area contributed by atoms with E-state index < -0.39 is 0 Å². The highest BCUT2D eigenvalue weighted by Crippen LogP contribution is 2.35. The maximum absolute atomic E-state index is 12.4. The molecule has 4 rings (SSSR count). The summed E-state index contributed by atoms with van der Waals surface area (Å²) in [5, 5.41) is 4.46. The summed E-state index contributed by atoms with van der Waals surface area (Å²) in [6, 6.07) is 4.11. The van der Waals surface area contributed by atoms with Crippen LogP contribution in [0.15, 0.2) is 30.9 Å². The molecule has 1 amide bonds. The van der Waals surface area contributed by atoms with Gasteiger partial charge in [-0.05, 0) is 25.8 Å². The Labute approximate surface area is 151 Å². The molecule has 1 saturated heterocycles. The van der Waals surface area contributed by atoms with E-state index in [1.807, 2.05) is 19.1 Å². The molecule has 1 fully saturated rings. The van der Waals surface area contributed by atoms with Crippen LogP contribution in [-0.4, -0.2) is 56.0 Å². The largest absolute Gasteiger partial charge is 0.348 e. The van der Waals surface area contributed by atoms with Crippen molar-refractivity contribution in [1.29, 1.82) is 0 Å². The highest BCUT2D eigenvalue weighted by Gasteiger charge is 2.30. The topological polar surface area (TPSA) is 79.5 Å². The molecule has 0 spiro atoms. The molecular weight excluding hydrogens is 330 g/mol. The number of fused-ring (bicyclic) bond motifs is 1. The standard InChI is InChI=1S/C18H21N7O/c1-12-9-16(21-11-20-12)24-8-4-5-14(24)15-6-7-19-17-13(10-22-25(15)17)18(26)23(2)3/h6-7,9-11,14H,4-5,8H2,1-3H3/t14-/m0/s1. The Balaban J connectivity index is 1.78. The van der Waals surface area contributed by atoms with E-state index in [0.717, 1.165) is 36.6 Å². The second-order valence-electron chi connectivity index (χ2n) is 6.73. The molecule has 8 nitrogen and oxygen atoms in total. The van der Waals surface area contributed by atoms with Crippen LogP contribution in [0.5, 0.6) is 0 Å². The molecule has 3 aromatic rings. The smallest absolute Gasteiger partial charge is 0.258 e. The van der Waals surface area contributed by atoms with Crippen molar-refractivity contribution in [1.82, 2.24) is 29.5 Å². The second-order valence-corrected chi connectivity index (χ2v) is 6.73. The molecular formula is C18H21N7O. The molecule has 1 atom stereocenters. The Morgan fingerprint density at radius 1 is 1.27 bits per heavy atom. The number of carbonyl (C=O) groups is 1. The number of carbonyl (C=O) groups excluding carboxylic acids is 1. The highest BCUT2D eigenvalue weighted by molar-refractivity contribution is 5.99. The maximum Gasteiger partial charge on any atom is 0.258 e. The van der Waals surface area contributed by atoms with Crippen molar-refractivity contribution in [3.63, 3.8) is 0 Å². The number of hydrogen-bond donors (Lipinski definition) is 0. The summed E-state index contributed by atoms with van der Waals surface area (Å²) in [6.45, 7) is 2.89. The summed E-state index contributed by atoms with van der Waals surface area (Å²) < 4.78 is 1.79. The minimum absolute atomic E-state index is 0.0978. The van der Waals surface area contributed by atoms with Crippen LogP contribution in [0.1, 0.15) is 40.6 Å². The van der Waals surface area contributed by atoms with Crippen molar-refractivity contribution in [2.24, 2.45) is 0 Å². The highest BCUT2D eigenvalue weighted by atomic mass is 16.2. The summed E-state index contributed by atoms with van der Waals surface area (Å²) in [5.41, 5.74) is 3.06. The van der Waals surface area contributed by atoms with Gasteiger partial charge in [0.2, 0.25) is 0 Å². The van der Waals surface area contributed by atoms with Gasteiger partial charge in [0.05, 0.1) is 17.9 Å². The van der Waals surface area contributed by atoms with Crippen LogP contribution in [0.25, 0.3) is 5.65 Å². The zero-order chi connectivity index (χ0) is 18.3. The molecule has 0 radical (unpaired) electrons. The Kier molecular flexibility index (Phi) is 4.02. The van der Waals surface area contributed by atoms with E-state index in [2.05, 4.69) is 25.0 Å². The summed E-state index contributed by atoms with van der Waals surface area (Å²) >= 11 is 0. The first kappa shape index (κ1) is 16.4. The Bertz CT molecular complexity index is 965. The van der Waals surface area contributed by atoms with Crippen molar-refractivity contribution < 1.29 is 4.79 Å². The van der Waals surface area contributed by atoms with Gasteiger partial charge in [-0.15, -0.1) is 0 Å². The molecule has 8 heteroatoms. The average molecular weight is 351 g/mol. The van der Waals surface area contributed by atoms with Gasteiger partial charge in [-0.25, -0.2) is 19.5 Å². The molecule has 0 aromatic carbocycles. The number of rotatable bonds is 3. The molecule has 3 aromatic heterocycles. The normalized spacial score (nSPS) is 17.0. The van der Waals surface area contributed by atoms with Gasteiger partial charge in [-0.3, -0.25) is 4.79 Å². The average Bonchev–Trinajstić information content (AvgIpc) is 3.28. The number of aryl methyl sites for hydroxylation is 1. The summed E-state index contributed by atoms with van der Waals surface area (Å²) in [4.78, 5) is 29.2. The SMILES string of the molecule is Cc1cc(N2CCC[C@H]2c2ccnc3c(C(=O)N(C)C)cnn23)ncn1. The zero-order valence-corrected chi connectivity index (χ0v) is 15.1. The minimum atomic E-state index is -0.0978. The first-order valence-electron chi connectivity index (χ1n) is 8.66. The monoisotopic (exact) mass is 351 g/mol. The van der Waals surface area contributed by atoms with Gasteiger partial charge in [0.15, 0.2) is 5.65 Å². The van der Waals surface area contributed by atoms with E-state index in [0.29, 0.717) is 11.2 Å². The number of nitrogens with zero attached hydrogens (tertiary/aromatic N) is 7. The van der Waals surface area contributed by atoms with Crippen molar-refractivity contribution in [3.05, 3.63) is 47.8 Å². The molecule has 0 aliphatic carbocycles. The third kappa shape index (κ3) is 2.67. The predicted octanol–water partition coefficient (Wildman–Crippen LogP) is 1.87. The Morgan fingerprint density at radius 3 is 2.88 bits per heavy atom. The predicted molar refractivity (Wildman–Crippen MR) is 97.1 cm³/mol. The van der Waals surface area contributed by atoms with Crippen LogP contribution in [0, 0.1) is 6.92 Å². The molecule has 4 heterocycles. The Morgan fingerprint density at radius 2 is 2.12 bits per heavy atom. The molecule has 134 valence electrons. The van der Waals surface area contributed by atoms with E-state index in [1.54, 1.807) is 37.3 Å². The van der Waals surface area contributed by atoms with E-state index in [9.17, 15) is 4.79 Å². The molecule has 0 saturated carbocycles. The van der Waals surface area contributed by atoms with E-state index in [4.69, 9.17) is 0 Å². The van der Waals surface area contributed by atoms with E-state index >= 15 is 0 Å². The lowest BCUT2D eigenvalue weighted by Crippen LogP contribution is -2.26. The number of aromatic nitrogens is 5. The van der Waals surface area contributed by atoms with Crippen molar-refractivity contribution in [3.8, 4) is 0 Å². The van der Waals surface area contributed by atoms with Crippen LogP contribution < -0.4 is 4.90 Å². The van der Waals surface area contributed by atoms with Gasteiger partial charge in [0, 0.05) is 38.6 Å². The lowest BCUT2D eigenvalue weighted by atomic mass is 10.1. The van der Waals surface area contributed by atoms with Crippen LogP contribution in [0.3, 0.4) is 0 Å². The first-order chi connectivity index (χ1) is 12.6. The molecule has 0 unspecified atom stereocenters. The van der Waals surface area contributed by atoms with Crippen LogP contribution in [-0.2, 0) is 0 Å². The van der Waals surface area contributed by atoms with Gasteiger partial charge in [0.25, 0.3) is 5.91 Å². The lowest BCUT2D eigenvalue weighted by Gasteiger charge is -2.26. The summed E-state index contributed by atoms with van der Waals surface area (Å²) in [5.74, 6) is 0.820. The minimum Gasteiger partial charge on any atom is -0.348 e. The molecule has 1 aliphatic rings. The number of hydrogen-bond acceptors (Lipinski definition) is 6. The van der Waals surface area contributed by atoms with Crippen molar-refractivity contribution in [2.45, 2.75) is 25.8 Å². The van der Waals surface area contributed by atoms with Gasteiger partial charge in [0.1, 0.15) is 17.7 Å². The number of amides is 1. The lowest BCUT2D eigenvalue weighted by molar-refractivity contribution is 0.0829. The van der Waals surface area contributed by atoms with Crippen LogP contribution >= 0.6 is 0 Å². The van der Waals surface area contributed by atoms with Crippen LogP contribution in [0.4, 0.5) is 5.82 Å². The van der Waals surface area contributed by atoms with Crippen molar-refractivity contribution >= 4 is 17.4 Å². The molecule has 0 bridgehead atoms. The van der Waals surface area contributed by atoms with Crippen molar-refractivity contribution in [2.75, 3.05) is 25.5 Å². The van der Waals surface area contributed by atoms with E-state index in [1.165, 1.54) is 4.90 Å². The zero-order valence-electron chi connectivity index (χ0n) is 15.1. The fourth-order valence-corrected chi connectivity index (χ4v) is 3.50. The van der Waals surface area contributed by atoms with Crippen LogP contribution in [0.2, 0.25) is 0 Å². The Hall–Kier alpha value is -3.03. The first-order valence-corrected chi connectivity index (χ1v) is 8.66. The van der Waals surface area contributed by atoms with Gasteiger partial charge in [-0.2, -0.15) is 5.10 Å². The third-order valence-electron chi connectivity index (χ3n) is 4.74. The molecule has 26 heavy (non-hydrogen) atoms. The number of anilines is 1. The van der Waals surface area contributed by atoms with E-state index in [-0.39, 0.29) is 11.9 Å². The van der Waals surface area contributed by atoms with Gasteiger partial charge < -0.3 is 9.80 Å². The maximum atomic E-state index is 12.4. The molecule has 1 aliphatic heterocycles.